The van der Waals surface area contributed by atoms with Gasteiger partial charge < -0.3 is 25.8 Å². The zero-order valence-corrected chi connectivity index (χ0v) is 12.7. The van der Waals surface area contributed by atoms with Crippen molar-refractivity contribution in [2.24, 2.45) is 10.7 Å². The van der Waals surface area contributed by atoms with E-state index in [0.717, 1.165) is 5.39 Å². The molecule has 0 unspecified atom stereocenters. The minimum absolute atomic E-state index is 0.0442. The first-order chi connectivity index (χ1) is 9.90. The number of H-pyrrole nitrogens is 1. The van der Waals surface area contributed by atoms with E-state index in [9.17, 15) is 15.0 Å². The fraction of sp³-hybridized carbons (Fsp3) is 0.231. The molecule has 0 saturated carbocycles. The zero-order valence-electron chi connectivity index (χ0n) is 11.1. The summed E-state index contributed by atoms with van der Waals surface area (Å²) in [6, 6.07) is 2.95. The van der Waals surface area contributed by atoms with Crippen LogP contribution in [-0.4, -0.2) is 45.6 Å². The minimum Gasteiger partial charge on any atom is -0.507 e. The molecule has 0 fully saturated rings. The summed E-state index contributed by atoms with van der Waals surface area (Å²) in [6.07, 6.45) is 0. The van der Waals surface area contributed by atoms with Gasteiger partial charge in [-0.3, -0.25) is 4.99 Å². The Morgan fingerprint density at radius 1 is 1.57 bits per heavy atom. The molecule has 7 nitrogen and oxygen atoms in total. The lowest BCUT2D eigenvalue weighted by Gasteiger charge is -2.21. The number of nitrogens with one attached hydrogen (secondary N) is 1. The Bertz CT molecular complexity index is 783. The van der Waals surface area contributed by atoms with Gasteiger partial charge in [0.25, 0.3) is 0 Å². The fourth-order valence-electron chi connectivity index (χ4n) is 2.60. The number of halogens is 1. The van der Waals surface area contributed by atoms with Gasteiger partial charge in [0.2, 0.25) is 0 Å². The topological polar surface area (TPSA) is 115 Å². The Morgan fingerprint density at radius 3 is 2.86 bits per heavy atom. The largest absolute Gasteiger partial charge is 0.507 e. The molecular weight excluding hydrogens is 340 g/mol. The third-order valence-electron chi connectivity index (χ3n) is 3.71. The molecule has 21 heavy (non-hydrogen) atoms. The number of aromatic hydroxyl groups is 1. The monoisotopic (exact) mass is 352 g/mol. The SMILES string of the molecule is CN1C(N)=NC[C@@H]1c1c(C(=O)O)[nH]c2cc(O)c(Br)cc12. The molecular formula is C13H13BrN4O3. The molecule has 3 rings (SSSR count). The van der Waals surface area contributed by atoms with Crippen molar-refractivity contribution < 1.29 is 15.0 Å². The number of phenolic OH excluding ortho intramolecular Hbond substituents is 1. The minimum atomic E-state index is -1.06. The summed E-state index contributed by atoms with van der Waals surface area (Å²) in [7, 11) is 1.77. The van der Waals surface area contributed by atoms with Crippen molar-refractivity contribution in [3.05, 3.63) is 27.9 Å². The fourth-order valence-corrected chi connectivity index (χ4v) is 2.94. The number of fused-ring (bicyclic) bond motifs is 1. The van der Waals surface area contributed by atoms with Gasteiger partial charge in [0.1, 0.15) is 11.4 Å². The van der Waals surface area contributed by atoms with E-state index in [0.29, 0.717) is 28.1 Å². The normalized spacial score (nSPS) is 18.3. The number of aromatic carboxylic acids is 1. The Hall–Kier alpha value is -2.22. The van der Waals surface area contributed by atoms with Gasteiger partial charge in [0, 0.05) is 24.1 Å². The van der Waals surface area contributed by atoms with Crippen molar-refractivity contribution in [1.29, 1.82) is 0 Å². The second kappa shape index (κ2) is 4.66. The van der Waals surface area contributed by atoms with Crippen molar-refractivity contribution in [1.82, 2.24) is 9.88 Å². The van der Waals surface area contributed by atoms with Crippen molar-refractivity contribution in [3.63, 3.8) is 0 Å². The number of aromatic amines is 1. The molecule has 0 saturated heterocycles. The van der Waals surface area contributed by atoms with Crippen LogP contribution >= 0.6 is 15.9 Å². The van der Waals surface area contributed by atoms with Crippen LogP contribution in [0.2, 0.25) is 0 Å². The number of hydrogen-bond donors (Lipinski definition) is 4. The van der Waals surface area contributed by atoms with Crippen LogP contribution in [0.25, 0.3) is 10.9 Å². The first-order valence-electron chi connectivity index (χ1n) is 6.20. The van der Waals surface area contributed by atoms with E-state index in [4.69, 9.17) is 5.73 Å². The highest BCUT2D eigenvalue weighted by molar-refractivity contribution is 9.10. The number of guanidine groups is 1. The quantitative estimate of drug-likeness (QED) is 0.655. The maximum absolute atomic E-state index is 11.5. The van der Waals surface area contributed by atoms with E-state index in [-0.39, 0.29) is 17.5 Å². The maximum atomic E-state index is 11.5. The van der Waals surface area contributed by atoms with Crippen LogP contribution in [0.5, 0.6) is 5.75 Å². The van der Waals surface area contributed by atoms with E-state index in [1.54, 1.807) is 18.0 Å². The van der Waals surface area contributed by atoms with Crippen LogP contribution < -0.4 is 5.73 Å². The molecule has 0 bridgehead atoms. The third kappa shape index (κ3) is 2.02. The Balaban J connectivity index is 2.26. The number of rotatable bonds is 2. The van der Waals surface area contributed by atoms with Crippen molar-refractivity contribution in [3.8, 4) is 5.75 Å². The molecule has 0 spiro atoms. The molecule has 1 aliphatic rings. The van der Waals surface area contributed by atoms with Gasteiger partial charge in [0.05, 0.1) is 22.6 Å². The number of aromatic nitrogens is 1. The van der Waals surface area contributed by atoms with Crippen LogP contribution in [0.4, 0.5) is 0 Å². The van der Waals surface area contributed by atoms with Crippen LogP contribution in [-0.2, 0) is 0 Å². The van der Waals surface area contributed by atoms with Crippen molar-refractivity contribution in [2.75, 3.05) is 13.6 Å². The Morgan fingerprint density at radius 2 is 2.29 bits per heavy atom. The standard InChI is InChI=1S/C13H13BrN4O3/c1-18-8(4-16-13(18)15)10-5-2-6(14)9(19)3-7(5)17-11(10)12(20)21/h2-3,8,17,19H,4H2,1H3,(H2,15,16)(H,20,21)/t8-/m1/s1. The number of benzene rings is 1. The molecule has 5 N–H and O–H groups in total. The molecule has 110 valence electrons. The van der Waals surface area contributed by atoms with Crippen LogP contribution in [0.3, 0.4) is 0 Å². The summed E-state index contributed by atoms with van der Waals surface area (Å²) >= 11 is 3.25. The van der Waals surface area contributed by atoms with Crippen molar-refractivity contribution >= 4 is 38.8 Å². The van der Waals surface area contributed by atoms with Crippen LogP contribution in [0.1, 0.15) is 22.1 Å². The molecule has 0 amide bonds. The maximum Gasteiger partial charge on any atom is 0.352 e. The lowest BCUT2D eigenvalue weighted by molar-refractivity contribution is 0.0689. The average molecular weight is 353 g/mol. The molecule has 2 heterocycles. The number of carboxylic acids is 1. The number of aliphatic imine (C=N–C) groups is 1. The summed E-state index contributed by atoms with van der Waals surface area (Å²) < 4.78 is 0.502. The molecule has 1 atom stereocenters. The number of hydrogen-bond acceptors (Lipinski definition) is 5. The lowest BCUT2D eigenvalue weighted by Crippen LogP contribution is -2.32. The second-order valence-electron chi connectivity index (χ2n) is 4.89. The van der Waals surface area contributed by atoms with Gasteiger partial charge in [-0.1, -0.05) is 0 Å². The summed E-state index contributed by atoms with van der Waals surface area (Å²) in [5.74, 6) is -0.637. The van der Waals surface area contributed by atoms with Gasteiger partial charge in [0.15, 0.2) is 5.96 Å². The van der Waals surface area contributed by atoms with E-state index in [1.165, 1.54) is 6.07 Å². The van der Waals surface area contributed by atoms with Gasteiger partial charge in [-0.05, 0) is 22.0 Å². The Kier molecular flexibility index (Phi) is 3.05. The molecule has 2 aromatic rings. The second-order valence-corrected chi connectivity index (χ2v) is 5.75. The average Bonchev–Trinajstić information content (AvgIpc) is 2.93. The van der Waals surface area contributed by atoms with Gasteiger partial charge >= 0.3 is 5.97 Å². The molecule has 8 heteroatoms. The molecule has 1 aromatic heterocycles. The van der Waals surface area contributed by atoms with Gasteiger partial charge in [-0.15, -0.1) is 0 Å². The number of nitrogens with two attached hydrogens (primary N) is 1. The molecule has 1 aromatic carbocycles. The highest BCUT2D eigenvalue weighted by Gasteiger charge is 2.31. The number of nitrogens with zero attached hydrogens (tertiary/aromatic N) is 2. The smallest absolute Gasteiger partial charge is 0.352 e. The van der Waals surface area contributed by atoms with Crippen molar-refractivity contribution in [2.45, 2.75) is 6.04 Å². The highest BCUT2D eigenvalue weighted by Crippen LogP contribution is 2.37. The van der Waals surface area contributed by atoms with Crippen LogP contribution in [0.15, 0.2) is 21.6 Å². The lowest BCUT2D eigenvalue weighted by atomic mass is 10.0. The van der Waals surface area contributed by atoms with Gasteiger partial charge in [-0.25, -0.2) is 4.79 Å². The first-order valence-corrected chi connectivity index (χ1v) is 6.99. The summed E-state index contributed by atoms with van der Waals surface area (Å²) in [5, 5.41) is 19.9. The first kappa shape index (κ1) is 13.7. The van der Waals surface area contributed by atoms with Crippen LogP contribution in [0, 0.1) is 0 Å². The molecule has 0 aliphatic carbocycles. The predicted molar refractivity (Wildman–Crippen MR) is 81.6 cm³/mol. The number of carboxylic acid groups (broad SMARTS) is 1. The third-order valence-corrected chi connectivity index (χ3v) is 4.34. The molecule has 0 radical (unpaired) electrons. The number of carbonyl (C=O) groups is 1. The summed E-state index contributed by atoms with van der Waals surface area (Å²) in [6.45, 7) is 0.397. The van der Waals surface area contributed by atoms with E-state index in [1.807, 2.05) is 0 Å². The highest BCUT2D eigenvalue weighted by atomic mass is 79.9. The number of phenols is 1. The van der Waals surface area contributed by atoms with E-state index in [2.05, 4.69) is 25.9 Å². The zero-order chi connectivity index (χ0) is 15.3. The summed E-state index contributed by atoms with van der Waals surface area (Å²) in [4.78, 5) is 20.3. The molecule has 1 aliphatic heterocycles. The summed E-state index contributed by atoms with van der Waals surface area (Å²) in [5.41, 5.74) is 7.03. The Labute approximate surface area is 128 Å². The van der Waals surface area contributed by atoms with E-state index >= 15 is 0 Å². The van der Waals surface area contributed by atoms with E-state index < -0.39 is 5.97 Å². The van der Waals surface area contributed by atoms with Gasteiger partial charge in [-0.2, -0.15) is 0 Å². The predicted octanol–water partition coefficient (Wildman–Crippen LogP) is 1.64. The number of likely N-dealkylation sites (N-methyl/N-ethyl adjacent to an activating group) is 1.